The molecule has 2 aromatic carbocycles. The van der Waals surface area contributed by atoms with Crippen LogP contribution in [0.15, 0.2) is 48.5 Å². The van der Waals surface area contributed by atoms with Gasteiger partial charge < -0.3 is 20.6 Å². The summed E-state index contributed by atoms with van der Waals surface area (Å²) in [6.07, 6.45) is 1.28. The lowest BCUT2D eigenvalue weighted by Crippen LogP contribution is -2.40. The number of hydrogen-bond donors (Lipinski definition) is 3. The predicted molar refractivity (Wildman–Crippen MR) is 106 cm³/mol. The first-order valence-corrected chi connectivity index (χ1v) is 9.26. The Morgan fingerprint density at radius 2 is 1.70 bits per heavy atom. The van der Waals surface area contributed by atoms with Crippen LogP contribution in [0, 0.1) is 0 Å². The molecule has 1 aliphatic rings. The molecule has 1 heterocycles. The summed E-state index contributed by atoms with van der Waals surface area (Å²) >= 11 is 6.02. The normalized spacial score (nSPS) is 14.7. The minimum Gasteiger partial charge on any atom is -0.393 e. The number of anilines is 2. The molecule has 7 heteroatoms. The number of benzene rings is 2. The number of para-hydroxylation sites is 1. The van der Waals surface area contributed by atoms with Gasteiger partial charge in [0, 0.05) is 18.8 Å². The maximum absolute atomic E-state index is 12.3. The fourth-order valence-electron chi connectivity index (χ4n) is 2.95. The first-order chi connectivity index (χ1) is 13.0. The average molecular weight is 388 g/mol. The molecule has 0 radical (unpaired) electrons. The van der Waals surface area contributed by atoms with Crippen LogP contribution in [0.4, 0.5) is 16.2 Å². The Kier molecular flexibility index (Phi) is 6.32. The van der Waals surface area contributed by atoms with Crippen LogP contribution < -0.4 is 10.6 Å². The Bertz CT molecular complexity index is 802. The molecule has 1 saturated heterocycles. The Hall–Kier alpha value is -2.57. The zero-order valence-electron chi connectivity index (χ0n) is 14.8. The third-order valence-corrected chi connectivity index (χ3v) is 4.84. The first kappa shape index (κ1) is 19.2. The van der Waals surface area contributed by atoms with Crippen LogP contribution in [0.2, 0.25) is 5.02 Å². The number of nitrogens with zero attached hydrogens (tertiary/aromatic N) is 1. The largest absolute Gasteiger partial charge is 0.393 e. The lowest BCUT2D eigenvalue weighted by Gasteiger charge is -2.29. The van der Waals surface area contributed by atoms with Gasteiger partial charge in [0.25, 0.3) is 0 Å². The number of aliphatic hydroxyl groups is 1. The van der Waals surface area contributed by atoms with E-state index in [1.54, 1.807) is 41.3 Å². The third kappa shape index (κ3) is 5.45. The highest BCUT2D eigenvalue weighted by Crippen LogP contribution is 2.21. The van der Waals surface area contributed by atoms with Crippen LogP contribution in [-0.2, 0) is 11.2 Å². The van der Waals surface area contributed by atoms with Crippen molar-refractivity contribution in [3.8, 4) is 0 Å². The number of halogens is 1. The van der Waals surface area contributed by atoms with Crippen LogP contribution in [-0.4, -0.2) is 41.1 Å². The Morgan fingerprint density at radius 1 is 1.04 bits per heavy atom. The van der Waals surface area contributed by atoms with E-state index in [2.05, 4.69) is 10.6 Å². The standard InChI is InChI=1S/C20H22ClN3O3/c21-17-3-1-2-4-18(17)23-20(27)22-15-7-5-14(6-8-15)13-19(26)24-11-9-16(25)10-12-24/h1-8,16,25H,9-13H2,(H2,22,23,27). The topological polar surface area (TPSA) is 81.7 Å². The summed E-state index contributed by atoms with van der Waals surface area (Å²) in [5, 5.41) is 15.4. The zero-order valence-corrected chi connectivity index (χ0v) is 15.6. The molecule has 27 heavy (non-hydrogen) atoms. The second kappa shape index (κ2) is 8.88. The fraction of sp³-hybridized carbons (Fsp3) is 0.300. The minimum absolute atomic E-state index is 0.0547. The maximum Gasteiger partial charge on any atom is 0.323 e. The van der Waals surface area contributed by atoms with Gasteiger partial charge in [-0.1, -0.05) is 35.9 Å². The van der Waals surface area contributed by atoms with Crippen LogP contribution in [0.3, 0.4) is 0 Å². The number of carbonyl (C=O) groups is 2. The van der Waals surface area contributed by atoms with Crippen molar-refractivity contribution in [3.63, 3.8) is 0 Å². The smallest absolute Gasteiger partial charge is 0.323 e. The van der Waals surface area contributed by atoms with Crippen molar-refractivity contribution in [2.45, 2.75) is 25.4 Å². The van der Waals surface area contributed by atoms with Crippen molar-refractivity contribution in [3.05, 3.63) is 59.1 Å². The zero-order chi connectivity index (χ0) is 19.2. The van der Waals surface area contributed by atoms with E-state index in [0.29, 0.717) is 48.7 Å². The predicted octanol–water partition coefficient (Wildman–Crippen LogP) is 3.51. The van der Waals surface area contributed by atoms with Crippen LogP contribution in [0.1, 0.15) is 18.4 Å². The molecule has 1 fully saturated rings. The molecule has 0 atom stereocenters. The fourth-order valence-corrected chi connectivity index (χ4v) is 3.14. The molecule has 6 nitrogen and oxygen atoms in total. The molecular formula is C20H22ClN3O3. The van der Waals surface area contributed by atoms with Gasteiger partial charge in [0.2, 0.25) is 5.91 Å². The molecule has 142 valence electrons. The van der Waals surface area contributed by atoms with Gasteiger partial charge in [-0.05, 0) is 42.7 Å². The number of carbonyl (C=O) groups excluding carboxylic acids is 2. The average Bonchev–Trinajstić information content (AvgIpc) is 2.66. The number of aliphatic hydroxyl groups excluding tert-OH is 1. The number of nitrogens with one attached hydrogen (secondary N) is 2. The summed E-state index contributed by atoms with van der Waals surface area (Å²) in [6.45, 7) is 1.20. The Balaban J connectivity index is 1.52. The van der Waals surface area contributed by atoms with Gasteiger partial charge in [-0.2, -0.15) is 0 Å². The summed E-state index contributed by atoms with van der Waals surface area (Å²) in [7, 11) is 0. The van der Waals surface area contributed by atoms with Crippen molar-refractivity contribution in [1.82, 2.24) is 4.90 Å². The van der Waals surface area contributed by atoms with Crippen LogP contribution >= 0.6 is 11.6 Å². The van der Waals surface area contributed by atoms with Crippen LogP contribution in [0.5, 0.6) is 0 Å². The van der Waals surface area contributed by atoms with E-state index >= 15 is 0 Å². The number of piperidine rings is 1. The Labute approximate surface area is 163 Å². The number of amides is 3. The molecule has 1 aliphatic heterocycles. The summed E-state index contributed by atoms with van der Waals surface area (Å²) in [6, 6.07) is 13.8. The third-order valence-electron chi connectivity index (χ3n) is 4.51. The molecule has 3 rings (SSSR count). The lowest BCUT2D eigenvalue weighted by atomic mass is 10.1. The SMILES string of the molecule is O=C(Nc1ccc(CC(=O)N2CCC(O)CC2)cc1)Nc1ccccc1Cl. The van der Waals surface area contributed by atoms with Gasteiger partial charge in [-0.25, -0.2) is 4.79 Å². The van der Waals surface area contributed by atoms with Crippen molar-refractivity contribution in [2.24, 2.45) is 0 Å². The Morgan fingerprint density at radius 3 is 2.37 bits per heavy atom. The van der Waals surface area contributed by atoms with Crippen molar-refractivity contribution < 1.29 is 14.7 Å². The van der Waals surface area contributed by atoms with E-state index in [1.807, 2.05) is 12.1 Å². The summed E-state index contributed by atoms with van der Waals surface area (Å²) in [5.74, 6) is 0.0547. The van der Waals surface area contributed by atoms with Gasteiger partial charge >= 0.3 is 6.03 Å². The van der Waals surface area contributed by atoms with Crippen molar-refractivity contribution >= 4 is 34.9 Å². The van der Waals surface area contributed by atoms with Crippen molar-refractivity contribution in [1.29, 1.82) is 0 Å². The van der Waals surface area contributed by atoms with E-state index < -0.39 is 0 Å². The van der Waals surface area contributed by atoms with Crippen LogP contribution in [0.25, 0.3) is 0 Å². The minimum atomic E-state index is -0.390. The highest BCUT2D eigenvalue weighted by atomic mass is 35.5. The highest BCUT2D eigenvalue weighted by molar-refractivity contribution is 6.33. The summed E-state index contributed by atoms with van der Waals surface area (Å²) in [5.41, 5.74) is 2.03. The van der Waals surface area contributed by atoms with E-state index in [0.717, 1.165) is 5.56 Å². The molecule has 0 aliphatic carbocycles. The molecule has 0 bridgehead atoms. The van der Waals surface area contributed by atoms with Gasteiger partial charge in [0.15, 0.2) is 0 Å². The quantitative estimate of drug-likeness (QED) is 0.750. The first-order valence-electron chi connectivity index (χ1n) is 8.88. The summed E-state index contributed by atoms with van der Waals surface area (Å²) in [4.78, 5) is 26.2. The van der Waals surface area contributed by atoms with Gasteiger partial charge in [-0.15, -0.1) is 0 Å². The molecule has 3 N–H and O–H groups in total. The monoisotopic (exact) mass is 387 g/mol. The van der Waals surface area contributed by atoms with E-state index in [9.17, 15) is 14.7 Å². The van der Waals surface area contributed by atoms with E-state index in [-0.39, 0.29) is 18.0 Å². The summed E-state index contributed by atoms with van der Waals surface area (Å²) < 4.78 is 0. The van der Waals surface area contributed by atoms with Gasteiger partial charge in [0.05, 0.1) is 23.2 Å². The number of likely N-dealkylation sites (tertiary alicyclic amines) is 1. The number of urea groups is 1. The molecular weight excluding hydrogens is 366 g/mol. The molecule has 0 unspecified atom stereocenters. The molecule has 0 saturated carbocycles. The number of rotatable bonds is 4. The lowest BCUT2D eigenvalue weighted by molar-refractivity contribution is -0.132. The van der Waals surface area contributed by atoms with E-state index in [1.165, 1.54) is 0 Å². The van der Waals surface area contributed by atoms with Gasteiger partial charge in [-0.3, -0.25) is 4.79 Å². The maximum atomic E-state index is 12.3. The molecule has 0 spiro atoms. The van der Waals surface area contributed by atoms with E-state index in [4.69, 9.17) is 11.6 Å². The number of hydrogen-bond acceptors (Lipinski definition) is 3. The van der Waals surface area contributed by atoms with Gasteiger partial charge in [0.1, 0.15) is 0 Å². The second-order valence-electron chi connectivity index (χ2n) is 6.54. The highest BCUT2D eigenvalue weighted by Gasteiger charge is 2.21. The molecule has 2 aromatic rings. The van der Waals surface area contributed by atoms with Crippen molar-refractivity contribution in [2.75, 3.05) is 23.7 Å². The second-order valence-corrected chi connectivity index (χ2v) is 6.95. The molecule has 3 amide bonds. The molecule has 0 aromatic heterocycles.